The van der Waals surface area contributed by atoms with Gasteiger partial charge in [0.15, 0.2) is 21.3 Å². The van der Waals surface area contributed by atoms with Gasteiger partial charge < -0.3 is 14.8 Å². The molecule has 0 aromatic heterocycles. The van der Waals surface area contributed by atoms with Crippen molar-refractivity contribution in [1.82, 2.24) is 0 Å². The summed E-state index contributed by atoms with van der Waals surface area (Å²) in [5.41, 5.74) is 1.32. The fraction of sp³-hybridized carbons (Fsp3) is 0.278. The number of nitrogens with one attached hydrogen (secondary N) is 1. The third-order valence-electron chi connectivity index (χ3n) is 3.69. The van der Waals surface area contributed by atoms with Gasteiger partial charge in [-0.1, -0.05) is 13.0 Å². The molecule has 0 spiro atoms. The SMILES string of the molecule is CCS(=O)(=O)c1ccc(NC(=O)Cc2ccc(OC)c(OC)c2)cc1. The van der Waals surface area contributed by atoms with Crippen LogP contribution in [0.5, 0.6) is 11.5 Å². The molecule has 0 aliphatic heterocycles. The van der Waals surface area contributed by atoms with Crippen LogP contribution in [0.3, 0.4) is 0 Å². The molecule has 0 bridgehead atoms. The number of hydrogen-bond donors (Lipinski definition) is 1. The minimum Gasteiger partial charge on any atom is -0.493 e. The van der Waals surface area contributed by atoms with Gasteiger partial charge in [-0.3, -0.25) is 4.79 Å². The molecule has 1 amide bonds. The molecule has 0 aliphatic carbocycles. The monoisotopic (exact) mass is 363 g/mol. The summed E-state index contributed by atoms with van der Waals surface area (Å²) in [7, 11) is -0.161. The number of anilines is 1. The molecule has 0 atom stereocenters. The molecule has 0 radical (unpaired) electrons. The van der Waals surface area contributed by atoms with E-state index in [1.807, 2.05) is 0 Å². The van der Waals surface area contributed by atoms with E-state index in [-0.39, 0.29) is 23.0 Å². The highest BCUT2D eigenvalue weighted by Crippen LogP contribution is 2.27. The molecule has 2 aromatic carbocycles. The van der Waals surface area contributed by atoms with Crippen molar-refractivity contribution in [3.05, 3.63) is 48.0 Å². The number of hydrogen-bond acceptors (Lipinski definition) is 5. The second-order valence-corrected chi connectivity index (χ2v) is 7.62. The molecule has 0 aliphatic rings. The molecule has 0 heterocycles. The predicted octanol–water partition coefficient (Wildman–Crippen LogP) is 2.68. The number of carbonyl (C=O) groups is 1. The normalized spacial score (nSPS) is 11.0. The number of ether oxygens (including phenoxy) is 2. The lowest BCUT2D eigenvalue weighted by Gasteiger charge is -2.10. The third kappa shape index (κ3) is 4.73. The Morgan fingerprint density at radius 1 is 1.00 bits per heavy atom. The van der Waals surface area contributed by atoms with Crippen LogP contribution in [0, 0.1) is 0 Å². The van der Waals surface area contributed by atoms with E-state index in [4.69, 9.17) is 9.47 Å². The van der Waals surface area contributed by atoms with E-state index < -0.39 is 9.84 Å². The van der Waals surface area contributed by atoms with Crippen molar-refractivity contribution in [2.24, 2.45) is 0 Å². The first kappa shape index (κ1) is 18.8. The zero-order valence-corrected chi connectivity index (χ0v) is 15.2. The van der Waals surface area contributed by atoms with Crippen molar-refractivity contribution >= 4 is 21.4 Å². The van der Waals surface area contributed by atoms with Gasteiger partial charge in [-0.05, 0) is 42.0 Å². The minimum atomic E-state index is -3.24. The number of sulfone groups is 1. The molecular formula is C18H21NO5S. The maximum atomic E-state index is 12.2. The summed E-state index contributed by atoms with van der Waals surface area (Å²) < 4.78 is 33.9. The molecule has 0 saturated heterocycles. The number of amides is 1. The Morgan fingerprint density at radius 3 is 2.20 bits per heavy atom. The summed E-state index contributed by atoms with van der Waals surface area (Å²) in [6, 6.07) is 11.4. The quantitative estimate of drug-likeness (QED) is 0.818. The third-order valence-corrected chi connectivity index (χ3v) is 5.44. The van der Waals surface area contributed by atoms with Crippen LogP contribution in [-0.4, -0.2) is 34.3 Å². The molecular weight excluding hydrogens is 342 g/mol. The van der Waals surface area contributed by atoms with Gasteiger partial charge in [0.2, 0.25) is 5.91 Å². The molecule has 0 saturated carbocycles. The lowest BCUT2D eigenvalue weighted by Crippen LogP contribution is -2.14. The molecule has 0 unspecified atom stereocenters. The highest BCUT2D eigenvalue weighted by atomic mass is 32.2. The van der Waals surface area contributed by atoms with Crippen LogP contribution in [-0.2, 0) is 21.1 Å². The Hall–Kier alpha value is -2.54. The largest absolute Gasteiger partial charge is 0.493 e. The van der Waals surface area contributed by atoms with Crippen LogP contribution in [0.4, 0.5) is 5.69 Å². The molecule has 7 heteroatoms. The Morgan fingerprint density at radius 2 is 1.64 bits per heavy atom. The van der Waals surface area contributed by atoms with Gasteiger partial charge in [0.1, 0.15) is 0 Å². The number of methoxy groups -OCH3 is 2. The van der Waals surface area contributed by atoms with Gasteiger partial charge in [0.05, 0.1) is 31.3 Å². The van der Waals surface area contributed by atoms with Crippen LogP contribution < -0.4 is 14.8 Å². The van der Waals surface area contributed by atoms with Crippen molar-refractivity contribution in [2.75, 3.05) is 25.3 Å². The van der Waals surface area contributed by atoms with Crippen LogP contribution in [0.2, 0.25) is 0 Å². The minimum absolute atomic E-state index is 0.0397. The Labute approximate surface area is 147 Å². The van der Waals surface area contributed by atoms with E-state index in [0.29, 0.717) is 17.2 Å². The number of carbonyl (C=O) groups excluding carboxylic acids is 1. The Bertz CT molecular complexity index is 844. The molecule has 25 heavy (non-hydrogen) atoms. The van der Waals surface area contributed by atoms with Crippen molar-refractivity contribution < 1.29 is 22.7 Å². The van der Waals surface area contributed by atoms with Gasteiger partial charge in [0.25, 0.3) is 0 Å². The van der Waals surface area contributed by atoms with E-state index >= 15 is 0 Å². The van der Waals surface area contributed by atoms with Crippen LogP contribution in [0.25, 0.3) is 0 Å². The standard InChI is InChI=1S/C18H21NO5S/c1-4-25(21,22)15-8-6-14(7-9-15)19-18(20)12-13-5-10-16(23-2)17(11-13)24-3/h5-11H,4,12H2,1-3H3,(H,19,20). The summed E-state index contributed by atoms with van der Waals surface area (Å²) in [4.78, 5) is 12.4. The smallest absolute Gasteiger partial charge is 0.228 e. The van der Waals surface area contributed by atoms with E-state index in [1.165, 1.54) is 19.2 Å². The highest BCUT2D eigenvalue weighted by Gasteiger charge is 2.12. The van der Waals surface area contributed by atoms with Gasteiger partial charge in [-0.2, -0.15) is 0 Å². The molecule has 0 fully saturated rings. The van der Waals surface area contributed by atoms with Crippen molar-refractivity contribution in [1.29, 1.82) is 0 Å². The second-order valence-electron chi connectivity index (χ2n) is 5.34. The van der Waals surface area contributed by atoms with E-state index in [9.17, 15) is 13.2 Å². The molecule has 2 rings (SSSR count). The lowest BCUT2D eigenvalue weighted by atomic mass is 10.1. The van der Waals surface area contributed by atoms with Crippen LogP contribution >= 0.6 is 0 Å². The van der Waals surface area contributed by atoms with Crippen molar-refractivity contribution in [3.63, 3.8) is 0 Å². The zero-order chi connectivity index (χ0) is 18.4. The van der Waals surface area contributed by atoms with Crippen molar-refractivity contribution in [2.45, 2.75) is 18.2 Å². The summed E-state index contributed by atoms with van der Waals surface area (Å²) >= 11 is 0. The summed E-state index contributed by atoms with van der Waals surface area (Å²) in [5, 5.41) is 2.75. The highest BCUT2D eigenvalue weighted by molar-refractivity contribution is 7.91. The number of benzene rings is 2. The van der Waals surface area contributed by atoms with E-state index in [1.54, 1.807) is 44.4 Å². The van der Waals surface area contributed by atoms with E-state index in [2.05, 4.69) is 5.32 Å². The Kier molecular flexibility index (Phi) is 6.03. The van der Waals surface area contributed by atoms with Crippen molar-refractivity contribution in [3.8, 4) is 11.5 Å². The van der Waals surface area contributed by atoms with Gasteiger partial charge >= 0.3 is 0 Å². The van der Waals surface area contributed by atoms with Crippen LogP contribution in [0.1, 0.15) is 12.5 Å². The average Bonchev–Trinajstić information content (AvgIpc) is 2.62. The zero-order valence-electron chi connectivity index (χ0n) is 14.4. The fourth-order valence-corrected chi connectivity index (χ4v) is 3.18. The van der Waals surface area contributed by atoms with Gasteiger partial charge in [0, 0.05) is 5.69 Å². The maximum Gasteiger partial charge on any atom is 0.228 e. The van der Waals surface area contributed by atoms with Crippen LogP contribution in [0.15, 0.2) is 47.4 Å². The molecule has 2 aromatic rings. The van der Waals surface area contributed by atoms with E-state index in [0.717, 1.165) is 5.56 Å². The first-order valence-electron chi connectivity index (χ1n) is 7.73. The molecule has 134 valence electrons. The van der Waals surface area contributed by atoms with Gasteiger partial charge in [-0.15, -0.1) is 0 Å². The van der Waals surface area contributed by atoms with Gasteiger partial charge in [-0.25, -0.2) is 8.42 Å². The molecule has 6 nitrogen and oxygen atoms in total. The lowest BCUT2D eigenvalue weighted by molar-refractivity contribution is -0.115. The molecule has 1 N–H and O–H groups in total. The topological polar surface area (TPSA) is 81.7 Å². The summed E-state index contributed by atoms with van der Waals surface area (Å²) in [6.07, 6.45) is 0.162. The second kappa shape index (κ2) is 8.02. The first-order valence-corrected chi connectivity index (χ1v) is 9.38. The summed E-state index contributed by atoms with van der Waals surface area (Å²) in [5.74, 6) is 0.984. The number of rotatable bonds is 7. The maximum absolute atomic E-state index is 12.2. The first-order chi connectivity index (χ1) is 11.9. The average molecular weight is 363 g/mol. The predicted molar refractivity (Wildman–Crippen MR) is 96.0 cm³/mol. The Balaban J connectivity index is 2.05. The summed E-state index contributed by atoms with van der Waals surface area (Å²) in [6.45, 7) is 1.59. The fourth-order valence-electron chi connectivity index (χ4n) is 2.29.